The maximum atomic E-state index is 11.0. The Bertz CT molecular complexity index is 350. The summed E-state index contributed by atoms with van der Waals surface area (Å²) in [5.41, 5.74) is 0.676. The number of carboxylic acid groups (broad SMARTS) is 1. The van der Waals surface area contributed by atoms with Crippen LogP contribution < -0.4 is 0 Å². The smallest absolute Gasteiger partial charge is 0.311 e. The highest BCUT2D eigenvalue weighted by atomic mass is 16.4. The molecule has 0 bridgehead atoms. The van der Waals surface area contributed by atoms with Crippen LogP contribution in [0.1, 0.15) is 45.6 Å². The molecule has 0 spiro atoms. The van der Waals surface area contributed by atoms with Crippen molar-refractivity contribution in [2.45, 2.75) is 45.6 Å². The molecule has 0 radical (unpaired) electrons. The topological polar surface area (TPSA) is 55.1 Å². The quantitative estimate of drug-likeness (QED) is 0.832. The lowest BCUT2D eigenvalue weighted by atomic mass is 10.0. The zero-order chi connectivity index (χ0) is 11.6. The third kappa shape index (κ3) is 2.58. The monoisotopic (exact) mass is 210 g/mol. The van der Waals surface area contributed by atoms with E-state index in [1.807, 2.05) is 33.9 Å². The van der Waals surface area contributed by atoms with Crippen molar-refractivity contribution in [1.82, 2.24) is 9.78 Å². The van der Waals surface area contributed by atoms with Crippen molar-refractivity contribution in [1.29, 1.82) is 0 Å². The molecule has 0 saturated carbocycles. The van der Waals surface area contributed by atoms with E-state index in [1.165, 1.54) is 0 Å². The van der Waals surface area contributed by atoms with Crippen LogP contribution in [-0.4, -0.2) is 20.9 Å². The summed E-state index contributed by atoms with van der Waals surface area (Å²) in [7, 11) is 0. The molecule has 1 N–H and O–H groups in total. The van der Waals surface area contributed by atoms with Crippen molar-refractivity contribution >= 4 is 5.97 Å². The van der Waals surface area contributed by atoms with Crippen LogP contribution >= 0.6 is 0 Å². The number of aliphatic carboxylic acids is 1. The standard InChI is InChI=1S/C11H18N2O2/c1-5-9(10(14)15)8-6-12-13(7-8)11(2,3)4/h6-7,9H,5H2,1-4H3,(H,14,15). The van der Waals surface area contributed by atoms with E-state index in [0.29, 0.717) is 6.42 Å². The van der Waals surface area contributed by atoms with Gasteiger partial charge in [-0.15, -0.1) is 0 Å². The second-order valence-corrected chi connectivity index (χ2v) is 4.69. The molecule has 0 fully saturated rings. The molecule has 1 aromatic rings. The fourth-order valence-electron chi connectivity index (χ4n) is 1.44. The van der Waals surface area contributed by atoms with E-state index in [9.17, 15) is 4.79 Å². The average Bonchev–Trinajstić information content (AvgIpc) is 2.52. The summed E-state index contributed by atoms with van der Waals surface area (Å²) in [5, 5.41) is 13.2. The van der Waals surface area contributed by atoms with Crippen LogP contribution in [0.4, 0.5) is 0 Å². The van der Waals surface area contributed by atoms with Crippen molar-refractivity contribution in [2.75, 3.05) is 0 Å². The summed E-state index contributed by atoms with van der Waals surface area (Å²) in [6.45, 7) is 7.97. The first-order valence-corrected chi connectivity index (χ1v) is 5.14. The fraction of sp³-hybridized carbons (Fsp3) is 0.636. The van der Waals surface area contributed by atoms with E-state index in [4.69, 9.17) is 5.11 Å². The minimum atomic E-state index is -0.786. The maximum Gasteiger partial charge on any atom is 0.311 e. The lowest BCUT2D eigenvalue weighted by molar-refractivity contribution is -0.138. The van der Waals surface area contributed by atoms with Crippen molar-refractivity contribution in [3.8, 4) is 0 Å². The highest BCUT2D eigenvalue weighted by Crippen LogP contribution is 2.21. The molecule has 0 aromatic carbocycles. The van der Waals surface area contributed by atoms with Crippen LogP contribution in [0.2, 0.25) is 0 Å². The van der Waals surface area contributed by atoms with Crippen molar-refractivity contribution in [2.24, 2.45) is 0 Å². The van der Waals surface area contributed by atoms with Crippen LogP contribution in [0, 0.1) is 0 Å². The molecule has 0 aliphatic carbocycles. The number of rotatable bonds is 3. The minimum Gasteiger partial charge on any atom is -0.481 e. The van der Waals surface area contributed by atoms with E-state index in [0.717, 1.165) is 5.56 Å². The second kappa shape index (κ2) is 4.04. The highest BCUT2D eigenvalue weighted by Gasteiger charge is 2.21. The minimum absolute atomic E-state index is 0.102. The van der Waals surface area contributed by atoms with Crippen molar-refractivity contribution in [3.05, 3.63) is 18.0 Å². The fourth-order valence-corrected chi connectivity index (χ4v) is 1.44. The Hall–Kier alpha value is -1.32. The van der Waals surface area contributed by atoms with Gasteiger partial charge in [0.2, 0.25) is 0 Å². The summed E-state index contributed by atoms with van der Waals surface area (Å²) in [4.78, 5) is 11.0. The molecule has 1 unspecified atom stereocenters. The van der Waals surface area contributed by atoms with Gasteiger partial charge in [0, 0.05) is 11.8 Å². The van der Waals surface area contributed by atoms with Crippen LogP contribution in [0.5, 0.6) is 0 Å². The Labute approximate surface area is 89.9 Å². The van der Waals surface area contributed by atoms with Gasteiger partial charge >= 0.3 is 5.97 Å². The third-order valence-electron chi connectivity index (χ3n) is 2.40. The first-order valence-electron chi connectivity index (χ1n) is 5.14. The molecule has 84 valence electrons. The zero-order valence-corrected chi connectivity index (χ0v) is 9.69. The van der Waals surface area contributed by atoms with Gasteiger partial charge in [-0.1, -0.05) is 6.92 Å². The molecule has 1 heterocycles. The molecule has 1 rings (SSSR count). The number of aromatic nitrogens is 2. The molecule has 0 saturated heterocycles. The van der Waals surface area contributed by atoms with Crippen molar-refractivity contribution < 1.29 is 9.90 Å². The molecule has 1 aromatic heterocycles. The van der Waals surface area contributed by atoms with Gasteiger partial charge in [-0.25, -0.2) is 0 Å². The van der Waals surface area contributed by atoms with Crippen LogP contribution in [0.3, 0.4) is 0 Å². The van der Waals surface area contributed by atoms with E-state index < -0.39 is 11.9 Å². The number of hydrogen-bond donors (Lipinski definition) is 1. The average molecular weight is 210 g/mol. The van der Waals surface area contributed by atoms with Gasteiger partial charge in [0.1, 0.15) is 0 Å². The normalized spacial score (nSPS) is 13.9. The van der Waals surface area contributed by atoms with Crippen LogP contribution in [-0.2, 0) is 10.3 Å². The molecule has 0 aliphatic heterocycles. The molecule has 0 amide bonds. The van der Waals surface area contributed by atoms with Crippen molar-refractivity contribution in [3.63, 3.8) is 0 Å². The van der Waals surface area contributed by atoms with Gasteiger partial charge in [0.15, 0.2) is 0 Å². The van der Waals surface area contributed by atoms with Crippen LogP contribution in [0.25, 0.3) is 0 Å². The first-order chi connectivity index (χ1) is 6.86. The lowest BCUT2D eigenvalue weighted by Crippen LogP contribution is -2.22. The number of hydrogen-bond acceptors (Lipinski definition) is 2. The third-order valence-corrected chi connectivity index (χ3v) is 2.40. The number of carboxylic acids is 1. The lowest BCUT2D eigenvalue weighted by Gasteiger charge is -2.19. The Morgan fingerprint density at radius 1 is 1.60 bits per heavy atom. The Balaban J connectivity index is 2.97. The van der Waals surface area contributed by atoms with Crippen LogP contribution in [0.15, 0.2) is 12.4 Å². The molecular formula is C11H18N2O2. The SMILES string of the molecule is CCC(C(=O)O)c1cnn(C(C)(C)C)c1. The van der Waals surface area contributed by atoms with Gasteiger partial charge in [-0.3, -0.25) is 9.48 Å². The van der Waals surface area contributed by atoms with Gasteiger partial charge in [-0.05, 0) is 27.2 Å². The summed E-state index contributed by atoms with van der Waals surface area (Å²) in [5.74, 6) is -1.23. The van der Waals surface area contributed by atoms with E-state index in [2.05, 4.69) is 5.10 Å². The highest BCUT2D eigenvalue weighted by molar-refractivity contribution is 5.75. The molecule has 4 heteroatoms. The summed E-state index contributed by atoms with van der Waals surface area (Å²) >= 11 is 0. The summed E-state index contributed by atoms with van der Waals surface area (Å²) < 4.78 is 1.80. The summed E-state index contributed by atoms with van der Waals surface area (Å²) in [6, 6.07) is 0. The van der Waals surface area contributed by atoms with E-state index in [-0.39, 0.29) is 5.54 Å². The number of nitrogens with zero attached hydrogens (tertiary/aromatic N) is 2. The van der Waals surface area contributed by atoms with Gasteiger partial charge in [0.25, 0.3) is 0 Å². The first kappa shape index (κ1) is 11.8. The van der Waals surface area contributed by atoms with E-state index in [1.54, 1.807) is 10.9 Å². The Morgan fingerprint density at radius 3 is 2.53 bits per heavy atom. The second-order valence-electron chi connectivity index (χ2n) is 4.69. The molecule has 1 atom stereocenters. The molecule has 15 heavy (non-hydrogen) atoms. The molecule has 4 nitrogen and oxygen atoms in total. The predicted molar refractivity (Wildman–Crippen MR) is 57.9 cm³/mol. The largest absolute Gasteiger partial charge is 0.481 e. The van der Waals surface area contributed by atoms with E-state index >= 15 is 0 Å². The Kier molecular flexibility index (Phi) is 3.17. The van der Waals surface area contributed by atoms with Gasteiger partial charge in [-0.2, -0.15) is 5.10 Å². The zero-order valence-electron chi connectivity index (χ0n) is 9.69. The summed E-state index contributed by atoms with van der Waals surface area (Å²) in [6.07, 6.45) is 4.06. The van der Waals surface area contributed by atoms with Gasteiger partial charge in [0.05, 0.1) is 17.7 Å². The number of carbonyl (C=O) groups is 1. The maximum absolute atomic E-state index is 11.0. The predicted octanol–water partition coefficient (Wildman–Crippen LogP) is 2.22. The Morgan fingerprint density at radius 2 is 2.20 bits per heavy atom. The van der Waals surface area contributed by atoms with Gasteiger partial charge < -0.3 is 5.11 Å². The molecule has 0 aliphatic rings. The molecular weight excluding hydrogens is 192 g/mol.